The highest BCUT2D eigenvalue weighted by Gasteiger charge is 2.51. The highest BCUT2D eigenvalue weighted by Crippen LogP contribution is 2.58. The third-order valence-electron chi connectivity index (χ3n) is 15.4. The standard InChI is InChI=1S/C59H84N2O10/c1-9-46(44-37-53(67-6)57(69-8)54(38-44)68-7)58(63)61-34-18-16-26-49(61)59(64)71-50(31-28-42-29-32-51(65-4)52(35-42)66-5)43-23-20-24-45(36-43)70-39-55(62)60-33-17-14-12-10-11-13-15-22-41(3)56-47-25-19-21-40(2)27-30-48(47)56/h20-21,23-24,29,32,35-38,41,46-50,56H,9-19,22,25-28,30-31,33-34,39H2,1-8H3,(H,60,62)/b40-21-/t41?,46-,47+,48-,49-,50+,56+/m0/s1. The Morgan fingerprint density at radius 3 is 2.14 bits per heavy atom. The summed E-state index contributed by atoms with van der Waals surface area (Å²) < 4.78 is 40.3. The molecule has 2 aliphatic carbocycles. The lowest BCUT2D eigenvalue weighted by atomic mass is 9.91. The Kier molecular flexibility index (Phi) is 21.7. The van der Waals surface area contributed by atoms with Gasteiger partial charge in [-0.15, -0.1) is 0 Å². The molecule has 390 valence electrons. The molecule has 0 aromatic heterocycles. The van der Waals surface area contributed by atoms with Gasteiger partial charge < -0.3 is 43.4 Å². The summed E-state index contributed by atoms with van der Waals surface area (Å²) in [6, 6.07) is 16.0. The van der Waals surface area contributed by atoms with Gasteiger partial charge in [0.15, 0.2) is 29.6 Å². The molecule has 3 aliphatic rings. The van der Waals surface area contributed by atoms with Crippen LogP contribution >= 0.6 is 0 Å². The summed E-state index contributed by atoms with van der Waals surface area (Å²) in [7, 11) is 7.83. The van der Waals surface area contributed by atoms with Crippen molar-refractivity contribution in [2.75, 3.05) is 55.2 Å². The predicted octanol–water partition coefficient (Wildman–Crippen LogP) is 12.2. The van der Waals surface area contributed by atoms with Crippen molar-refractivity contribution in [2.24, 2.45) is 23.7 Å². The van der Waals surface area contributed by atoms with Crippen molar-refractivity contribution in [1.82, 2.24) is 10.2 Å². The molecule has 1 saturated carbocycles. The number of fused-ring (bicyclic) bond motifs is 1. The molecule has 0 spiro atoms. The minimum Gasteiger partial charge on any atom is -0.493 e. The van der Waals surface area contributed by atoms with Gasteiger partial charge in [0.1, 0.15) is 17.9 Å². The molecule has 71 heavy (non-hydrogen) atoms. The number of esters is 1. The third kappa shape index (κ3) is 15.3. The summed E-state index contributed by atoms with van der Waals surface area (Å²) in [5.41, 5.74) is 4.01. The summed E-state index contributed by atoms with van der Waals surface area (Å²) in [4.78, 5) is 43.6. The fourth-order valence-electron chi connectivity index (χ4n) is 11.4. The van der Waals surface area contributed by atoms with Gasteiger partial charge in [-0.3, -0.25) is 9.59 Å². The molecule has 2 fully saturated rings. The second kappa shape index (κ2) is 28.0. The fraction of sp³-hybridized carbons (Fsp3) is 0.610. The average molecular weight is 981 g/mol. The van der Waals surface area contributed by atoms with E-state index in [1.54, 1.807) is 64.2 Å². The number of piperidine rings is 1. The molecule has 12 heteroatoms. The summed E-state index contributed by atoms with van der Waals surface area (Å²) in [6.45, 7) is 7.70. The zero-order chi connectivity index (χ0) is 50.7. The molecule has 2 amide bonds. The number of nitrogens with one attached hydrogen (secondary N) is 1. The zero-order valence-corrected chi connectivity index (χ0v) is 44.2. The van der Waals surface area contributed by atoms with E-state index in [-0.39, 0.29) is 18.4 Å². The van der Waals surface area contributed by atoms with Gasteiger partial charge in [0.25, 0.3) is 5.91 Å². The molecular formula is C59H84N2O10. The number of amides is 2. The first-order valence-electron chi connectivity index (χ1n) is 26.7. The van der Waals surface area contributed by atoms with Gasteiger partial charge in [-0.25, -0.2) is 4.79 Å². The normalized spacial score (nSPS) is 20.6. The smallest absolute Gasteiger partial charge is 0.329 e. The van der Waals surface area contributed by atoms with Crippen molar-refractivity contribution >= 4 is 17.8 Å². The number of allylic oxidation sites excluding steroid dienone is 2. The number of methoxy groups -OCH3 is 5. The van der Waals surface area contributed by atoms with E-state index in [0.717, 1.165) is 60.5 Å². The van der Waals surface area contributed by atoms with Crippen LogP contribution in [-0.2, 0) is 25.5 Å². The number of unbranched alkanes of at least 4 members (excludes halogenated alkanes) is 6. The van der Waals surface area contributed by atoms with Crippen molar-refractivity contribution in [1.29, 1.82) is 0 Å². The maximum absolute atomic E-state index is 14.5. The quantitative estimate of drug-likeness (QED) is 0.0426. The Hall–Kier alpha value is -5.39. The number of carbonyl (C=O) groups excluding carboxylic acids is 3. The number of carbonyl (C=O) groups is 3. The minimum absolute atomic E-state index is 0.124. The zero-order valence-electron chi connectivity index (χ0n) is 44.2. The molecule has 1 N–H and O–H groups in total. The molecule has 1 heterocycles. The van der Waals surface area contributed by atoms with Crippen LogP contribution in [0.15, 0.2) is 66.2 Å². The first kappa shape index (κ1) is 54.9. The number of hydrogen-bond donors (Lipinski definition) is 1. The second-order valence-electron chi connectivity index (χ2n) is 20.1. The van der Waals surface area contributed by atoms with Gasteiger partial charge in [-0.2, -0.15) is 0 Å². The molecular weight excluding hydrogens is 897 g/mol. The maximum atomic E-state index is 14.5. The molecule has 0 bridgehead atoms. The predicted molar refractivity (Wildman–Crippen MR) is 279 cm³/mol. The van der Waals surface area contributed by atoms with Crippen molar-refractivity contribution in [3.8, 4) is 34.5 Å². The Balaban J connectivity index is 1.00. The maximum Gasteiger partial charge on any atom is 0.329 e. The molecule has 1 saturated heterocycles. The second-order valence-corrected chi connectivity index (χ2v) is 20.1. The van der Waals surface area contributed by atoms with E-state index in [9.17, 15) is 14.4 Å². The summed E-state index contributed by atoms with van der Waals surface area (Å²) in [5.74, 6) is 5.54. The van der Waals surface area contributed by atoms with Crippen LogP contribution in [0.25, 0.3) is 0 Å². The number of rotatable bonds is 28. The lowest BCUT2D eigenvalue weighted by Crippen LogP contribution is -2.50. The van der Waals surface area contributed by atoms with Crippen LogP contribution < -0.4 is 33.7 Å². The van der Waals surface area contributed by atoms with Gasteiger partial charge >= 0.3 is 5.97 Å². The van der Waals surface area contributed by atoms with Crippen LogP contribution in [0.4, 0.5) is 0 Å². The van der Waals surface area contributed by atoms with Crippen molar-refractivity contribution in [3.05, 3.63) is 82.9 Å². The third-order valence-corrected chi connectivity index (χ3v) is 15.4. The highest BCUT2D eigenvalue weighted by atomic mass is 16.5. The largest absolute Gasteiger partial charge is 0.493 e. The van der Waals surface area contributed by atoms with Gasteiger partial charge in [-0.1, -0.05) is 88.6 Å². The van der Waals surface area contributed by atoms with E-state index in [4.69, 9.17) is 33.2 Å². The Labute approximate surface area is 424 Å². The van der Waals surface area contributed by atoms with E-state index in [1.165, 1.54) is 64.2 Å². The average Bonchev–Trinajstić information content (AvgIpc) is 4.08. The summed E-state index contributed by atoms with van der Waals surface area (Å²) >= 11 is 0. The Morgan fingerprint density at radius 1 is 0.732 bits per heavy atom. The van der Waals surface area contributed by atoms with Crippen LogP contribution in [0.1, 0.15) is 159 Å². The van der Waals surface area contributed by atoms with E-state index in [0.29, 0.717) is 78.8 Å². The van der Waals surface area contributed by atoms with Gasteiger partial charge in [0.05, 0.1) is 41.5 Å². The molecule has 7 atom stereocenters. The molecule has 3 aromatic carbocycles. The van der Waals surface area contributed by atoms with Crippen LogP contribution in [0.3, 0.4) is 0 Å². The number of likely N-dealkylation sites (tertiary alicyclic amines) is 1. The lowest BCUT2D eigenvalue weighted by molar-refractivity contribution is -0.162. The van der Waals surface area contributed by atoms with Gasteiger partial charge in [0.2, 0.25) is 11.7 Å². The number of benzene rings is 3. The van der Waals surface area contributed by atoms with Crippen LogP contribution in [0.2, 0.25) is 0 Å². The summed E-state index contributed by atoms with van der Waals surface area (Å²) in [5, 5.41) is 3.03. The number of aryl methyl sites for hydroxylation is 1. The van der Waals surface area contributed by atoms with Crippen molar-refractivity contribution in [3.63, 3.8) is 0 Å². The summed E-state index contributed by atoms with van der Waals surface area (Å²) in [6.07, 6.45) is 20.5. The SMILES string of the molecule is CC[C@H](C(=O)N1CCCC[C@H]1C(=O)O[C@H](CCc1ccc(OC)c(OC)c1)c1cccc(OCC(=O)NCCCCCCCCCC(C)[C@@H]2[C@@H]3CC/C=C(/C)CC[C@@H]32)c1)c1cc(OC)c(OC)c(OC)c1. The van der Waals surface area contributed by atoms with Crippen LogP contribution in [-0.4, -0.2) is 84.0 Å². The van der Waals surface area contributed by atoms with Crippen LogP contribution in [0, 0.1) is 23.7 Å². The number of nitrogens with zero attached hydrogens (tertiary/aromatic N) is 1. The first-order valence-corrected chi connectivity index (χ1v) is 26.7. The van der Waals surface area contributed by atoms with Crippen molar-refractivity contribution in [2.45, 2.75) is 154 Å². The number of ether oxygens (including phenoxy) is 7. The molecule has 3 aromatic rings. The van der Waals surface area contributed by atoms with Gasteiger partial charge in [0, 0.05) is 13.1 Å². The van der Waals surface area contributed by atoms with Crippen LogP contribution in [0.5, 0.6) is 34.5 Å². The van der Waals surface area contributed by atoms with Crippen molar-refractivity contribution < 1.29 is 47.5 Å². The highest BCUT2D eigenvalue weighted by molar-refractivity contribution is 5.89. The Morgan fingerprint density at radius 2 is 1.44 bits per heavy atom. The lowest BCUT2D eigenvalue weighted by Gasteiger charge is -2.37. The molecule has 0 radical (unpaired) electrons. The topological polar surface area (TPSA) is 131 Å². The molecule has 1 unspecified atom stereocenters. The van der Waals surface area contributed by atoms with Gasteiger partial charge in [-0.05, 0) is 154 Å². The molecule has 12 nitrogen and oxygen atoms in total. The minimum atomic E-state index is -0.772. The van der Waals surface area contributed by atoms with E-state index < -0.39 is 24.0 Å². The fourth-order valence-corrected chi connectivity index (χ4v) is 11.4. The first-order chi connectivity index (χ1) is 34.5. The monoisotopic (exact) mass is 981 g/mol. The molecule has 6 rings (SSSR count). The van der Waals surface area contributed by atoms with E-state index in [2.05, 4.69) is 25.2 Å². The van der Waals surface area contributed by atoms with E-state index >= 15 is 0 Å². The van der Waals surface area contributed by atoms with E-state index in [1.807, 2.05) is 43.3 Å². The number of hydrogen-bond acceptors (Lipinski definition) is 10. The molecule has 1 aliphatic heterocycles. The Bertz CT molecular complexity index is 2180.